The lowest BCUT2D eigenvalue weighted by molar-refractivity contribution is 0.338. The molecule has 6 heteroatoms. The maximum Gasteiger partial charge on any atom is 0.258 e. The van der Waals surface area contributed by atoms with Crippen molar-refractivity contribution in [2.75, 3.05) is 0 Å². The van der Waals surface area contributed by atoms with Crippen LogP contribution in [0.3, 0.4) is 0 Å². The third kappa shape index (κ3) is 4.39. The molecule has 6 nitrogen and oxygen atoms in total. The Morgan fingerprint density at radius 1 is 1.04 bits per heavy atom. The van der Waals surface area contributed by atoms with Gasteiger partial charge in [-0.15, -0.1) is 0 Å². The normalized spacial score (nSPS) is 14.5. The average molecular weight is 363 g/mol. The average Bonchev–Trinajstić information content (AvgIpc) is 3.11. The van der Waals surface area contributed by atoms with Gasteiger partial charge in [0.1, 0.15) is 0 Å². The predicted octanol–water partition coefficient (Wildman–Crippen LogP) is 4.03. The van der Waals surface area contributed by atoms with Crippen molar-refractivity contribution in [3.63, 3.8) is 0 Å². The zero-order valence-electron chi connectivity index (χ0n) is 15.9. The lowest BCUT2D eigenvalue weighted by atomic mass is 9.93. The number of hydrogen-bond acceptors (Lipinski definition) is 6. The molecule has 1 aliphatic rings. The molecular weight excluding hydrogens is 338 g/mol. The maximum absolute atomic E-state index is 5.40. The van der Waals surface area contributed by atoms with E-state index in [0.29, 0.717) is 29.5 Å². The van der Waals surface area contributed by atoms with Gasteiger partial charge in [0, 0.05) is 36.1 Å². The Labute approximate surface area is 159 Å². The van der Waals surface area contributed by atoms with E-state index in [2.05, 4.69) is 51.4 Å². The van der Waals surface area contributed by atoms with Crippen molar-refractivity contribution in [1.82, 2.24) is 25.4 Å². The fourth-order valence-electron chi connectivity index (χ4n) is 3.12. The van der Waals surface area contributed by atoms with Crippen molar-refractivity contribution in [2.45, 2.75) is 52.1 Å². The van der Waals surface area contributed by atoms with Gasteiger partial charge in [0.15, 0.2) is 0 Å². The summed E-state index contributed by atoms with van der Waals surface area (Å²) < 4.78 is 5.40. The molecule has 0 amide bonds. The molecule has 1 aliphatic carbocycles. The van der Waals surface area contributed by atoms with E-state index in [9.17, 15) is 0 Å². The summed E-state index contributed by atoms with van der Waals surface area (Å²) in [6.45, 7) is 5.23. The smallest absolute Gasteiger partial charge is 0.258 e. The Morgan fingerprint density at radius 3 is 2.41 bits per heavy atom. The molecule has 4 rings (SSSR count). The van der Waals surface area contributed by atoms with Crippen LogP contribution in [-0.4, -0.2) is 26.2 Å². The second-order valence-electron chi connectivity index (χ2n) is 7.64. The highest BCUT2D eigenvalue weighted by atomic mass is 16.5. The van der Waals surface area contributed by atoms with Crippen molar-refractivity contribution < 1.29 is 4.52 Å². The van der Waals surface area contributed by atoms with Crippen LogP contribution in [0.2, 0.25) is 0 Å². The monoisotopic (exact) mass is 363 g/mol. The van der Waals surface area contributed by atoms with Crippen LogP contribution in [-0.2, 0) is 13.0 Å². The Morgan fingerprint density at radius 2 is 1.78 bits per heavy atom. The Kier molecular flexibility index (Phi) is 5.25. The Bertz CT molecular complexity index is 866. The first-order chi connectivity index (χ1) is 13.2. The fraction of sp³-hybridized carbons (Fsp3) is 0.429. The van der Waals surface area contributed by atoms with Gasteiger partial charge in [-0.25, -0.2) is 9.97 Å². The van der Waals surface area contributed by atoms with Crippen molar-refractivity contribution in [2.24, 2.45) is 5.92 Å². The first kappa shape index (κ1) is 17.8. The van der Waals surface area contributed by atoms with E-state index < -0.39 is 0 Å². The molecular formula is C21H25N5O. The molecule has 1 N–H and O–H groups in total. The third-order valence-corrected chi connectivity index (χ3v) is 4.88. The molecule has 0 radical (unpaired) electrons. The second-order valence-corrected chi connectivity index (χ2v) is 7.64. The zero-order chi connectivity index (χ0) is 18.6. The van der Waals surface area contributed by atoms with Gasteiger partial charge in [-0.1, -0.05) is 37.6 Å². The summed E-state index contributed by atoms with van der Waals surface area (Å²) in [5, 5.41) is 7.54. The standard InChI is InChI=1S/C21H25N5O/c1-14(2)10-15-6-8-17(9-7-15)21-25-20(26-27-21)19-23-12-16(13-24-19)11-22-18-4-3-5-18/h6-9,12-14,18,22H,3-5,10-11H2,1-2H3. The number of hydrogen-bond donors (Lipinski definition) is 1. The fourth-order valence-corrected chi connectivity index (χ4v) is 3.12. The van der Waals surface area contributed by atoms with Crippen molar-refractivity contribution in [1.29, 1.82) is 0 Å². The second kappa shape index (κ2) is 7.96. The molecule has 1 fully saturated rings. The number of nitrogens with one attached hydrogen (secondary N) is 1. The molecule has 1 saturated carbocycles. The minimum Gasteiger partial charge on any atom is -0.334 e. The topological polar surface area (TPSA) is 76.7 Å². The summed E-state index contributed by atoms with van der Waals surface area (Å²) in [5.41, 5.74) is 3.28. The van der Waals surface area contributed by atoms with E-state index >= 15 is 0 Å². The van der Waals surface area contributed by atoms with Crippen LogP contribution in [0.15, 0.2) is 41.2 Å². The van der Waals surface area contributed by atoms with Gasteiger partial charge in [0.2, 0.25) is 11.6 Å². The highest BCUT2D eigenvalue weighted by Crippen LogP contribution is 2.22. The van der Waals surface area contributed by atoms with Crippen LogP contribution >= 0.6 is 0 Å². The molecule has 3 aromatic rings. The SMILES string of the molecule is CC(C)Cc1ccc(-c2nc(-c3ncc(CNC4CCC4)cn3)no2)cc1. The molecule has 0 bridgehead atoms. The van der Waals surface area contributed by atoms with Crippen molar-refractivity contribution in [3.05, 3.63) is 47.8 Å². The van der Waals surface area contributed by atoms with Gasteiger partial charge in [0.05, 0.1) is 0 Å². The van der Waals surface area contributed by atoms with E-state index in [1.807, 2.05) is 24.5 Å². The zero-order valence-corrected chi connectivity index (χ0v) is 15.9. The van der Waals surface area contributed by atoms with Crippen LogP contribution in [0.25, 0.3) is 23.1 Å². The molecule has 0 unspecified atom stereocenters. The van der Waals surface area contributed by atoms with Crippen LogP contribution in [0.4, 0.5) is 0 Å². The number of aromatic nitrogens is 4. The molecule has 27 heavy (non-hydrogen) atoms. The summed E-state index contributed by atoms with van der Waals surface area (Å²) in [4.78, 5) is 13.2. The van der Waals surface area contributed by atoms with Gasteiger partial charge >= 0.3 is 0 Å². The quantitative estimate of drug-likeness (QED) is 0.683. The molecule has 1 aromatic carbocycles. The van der Waals surface area contributed by atoms with E-state index in [1.165, 1.54) is 24.8 Å². The first-order valence-corrected chi connectivity index (χ1v) is 9.65. The molecule has 0 aliphatic heterocycles. The number of rotatable bonds is 7. The van der Waals surface area contributed by atoms with E-state index in [1.54, 1.807) is 0 Å². The molecule has 0 saturated heterocycles. The van der Waals surface area contributed by atoms with E-state index in [4.69, 9.17) is 4.52 Å². The van der Waals surface area contributed by atoms with Gasteiger partial charge in [0.25, 0.3) is 5.89 Å². The van der Waals surface area contributed by atoms with Crippen LogP contribution < -0.4 is 5.32 Å². The van der Waals surface area contributed by atoms with Crippen molar-refractivity contribution >= 4 is 0 Å². The Balaban J connectivity index is 1.42. The summed E-state index contributed by atoms with van der Waals surface area (Å²) >= 11 is 0. The summed E-state index contributed by atoms with van der Waals surface area (Å²) in [7, 11) is 0. The molecule has 0 atom stereocenters. The van der Waals surface area contributed by atoms with Gasteiger partial charge in [-0.3, -0.25) is 0 Å². The van der Waals surface area contributed by atoms with E-state index in [-0.39, 0.29) is 0 Å². The first-order valence-electron chi connectivity index (χ1n) is 9.65. The Hall–Kier alpha value is -2.60. The van der Waals surface area contributed by atoms with Gasteiger partial charge in [-0.2, -0.15) is 4.98 Å². The molecule has 2 aromatic heterocycles. The van der Waals surface area contributed by atoms with Crippen LogP contribution in [0, 0.1) is 5.92 Å². The number of nitrogens with zero attached hydrogens (tertiary/aromatic N) is 4. The molecule has 2 heterocycles. The van der Waals surface area contributed by atoms with Gasteiger partial charge in [-0.05, 0) is 42.9 Å². The molecule has 140 valence electrons. The third-order valence-electron chi connectivity index (χ3n) is 4.88. The summed E-state index contributed by atoms with van der Waals surface area (Å²) in [6, 6.07) is 8.91. The minimum absolute atomic E-state index is 0.412. The largest absolute Gasteiger partial charge is 0.334 e. The van der Waals surface area contributed by atoms with Crippen LogP contribution in [0.5, 0.6) is 0 Å². The highest BCUT2D eigenvalue weighted by Gasteiger charge is 2.17. The minimum atomic E-state index is 0.412. The number of benzene rings is 1. The van der Waals surface area contributed by atoms with Crippen LogP contribution in [0.1, 0.15) is 44.2 Å². The maximum atomic E-state index is 5.40. The van der Waals surface area contributed by atoms with E-state index in [0.717, 1.165) is 24.1 Å². The van der Waals surface area contributed by atoms with Crippen molar-refractivity contribution in [3.8, 4) is 23.1 Å². The predicted molar refractivity (Wildman–Crippen MR) is 104 cm³/mol. The summed E-state index contributed by atoms with van der Waals surface area (Å²) in [5.74, 6) is 2.01. The van der Waals surface area contributed by atoms with Gasteiger partial charge < -0.3 is 9.84 Å². The summed E-state index contributed by atoms with van der Waals surface area (Å²) in [6.07, 6.45) is 8.57. The molecule has 0 spiro atoms. The lowest BCUT2D eigenvalue weighted by Gasteiger charge is -2.26. The highest BCUT2D eigenvalue weighted by molar-refractivity contribution is 5.56. The lowest BCUT2D eigenvalue weighted by Crippen LogP contribution is -2.34.